The first-order valence-electron chi connectivity index (χ1n) is 6.10. The molecule has 0 aliphatic heterocycles. The van der Waals surface area contributed by atoms with Crippen LogP contribution in [-0.2, 0) is 8.53 Å². The molecule has 0 radical (unpaired) electrons. The highest BCUT2D eigenvalue weighted by Crippen LogP contribution is 2.37. The summed E-state index contributed by atoms with van der Waals surface area (Å²) in [5.41, 5.74) is 0. The van der Waals surface area contributed by atoms with Crippen LogP contribution in [0.3, 0.4) is 0 Å². The fourth-order valence-electron chi connectivity index (χ4n) is 2.15. The zero-order valence-electron chi connectivity index (χ0n) is 10.5. The van der Waals surface area contributed by atoms with E-state index in [0.29, 0.717) is 17.9 Å². The molecule has 106 valence electrons. The lowest BCUT2D eigenvalue weighted by Gasteiger charge is -2.25. The largest absolute Gasteiger partial charge is 0.417 e. The minimum Gasteiger partial charge on any atom is -0.417 e. The third-order valence-electron chi connectivity index (χ3n) is 3.25. The van der Waals surface area contributed by atoms with E-state index in [4.69, 9.17) is 44.0 Å². The topological polar surface area (TPSA) is 48.2 Å². The maximum atomic E-state index is 5.65. The SMILES string of the molecule is COC1CCC(C=Cc2nnc(C(Cl)(Cl)Cl)o2)CC1. The Kier molecular flexibility index (Phi) is 5.12. The van der Waals surface area contributed by atoms with Crippen LogP contribution >= 0.6 is 34.8 Å². The third kappa shape index (κ3) is 4.35. The monoisotopic (exact) mass is 324 g/mol. The Morgan fingerprint density at radius 1 is 1.21 bits per heavy atom. The molecule has 0 N–H and O–H groups in total. The van der Waals surface area contributed by atoms with Crippen molar-refractivity contribution in [1.82, 2.24) is 10.2 Å². The summed E-state index contributed by atoms with van der Waals surface area (Å²) in [5.74, 6) is 0.852. The molecular formula is C12H15Cl3N2O2. The molecule has 1 aromatic heterocycles. The third-order valence-corrected chi connectivity index (χ3v) is 3.73. The summed E-state index contributed by atoms with van der Waals surface area (Å²) in [6, 6.07) is 0. The number of hydrogen-bond acceptors (Lipinski definition) is 4. The minimum atomic E-state index is -1.67. The normalized spacial score (nSPS) is 25.1. The number of alkyl halides is 3. The molecule has 1 aromatic rings. The van der Waals surface area contributed by atoms with Gasteiger partial charge in [0.25, 0.3) is 9.68 Å². The van der Waals surface area contributed by atoms with E-state index in [1.54, 1.807) is 13.2 Å². The van der Waals surface area contributed by atoms with Gasteiger partial charge in [0.15, 0.2) is 0 Å². The first-order chi connectivity index (χ1) is 8.99. The van der Waals surface area contributed by atoms with E-state index in [9.17, 15) is 0 Å². The lowest BCUT2D eigenvalue weighted by atomic mass is 9.87. The summed E-state index contributed by atoms with van der Waals surface area (Å²) in [4.78, 5) is 0. The molecule has 1 aliphatic carbocycles. The second-order valence-corrected chi connectivity index (χ2v) is 6.86. The van der Waals surface area contributed by atoms with Gasteiger partial charge in [-0.3, -0.25) is 0 Å². The number of aromatic nitrogens is 2. The smallest absolute Gasteiger partial charge is 0.268 e. The number of ether oxygens (including phenoxy) is 1. The average molecular weight is 326 g/mol. The molecule has 0 atom stereocenters. The second-order valence-electron chi connectivity index (χ2n) is 4.57. The number of methoxy groups -OCH3 is 1. The van der Waals surface area contributed by atoms with Crippen LogP contribution in [0.2, 0.25) is 0 Å². The molecule has 0 saturated heterocycles. The van der Waals surface area contributed by atoms with Gasteiger partial charge in [-0.25, -0.2) is 0 Å². The van der Waals surface area contributed by atoms with Crippen molar-refractivity contribution in [2.24, 2.45) is 5.92 Å². The fourth-order valence-corrected chi connectivity index (χ4v) is 2.38. The molecule has 0 aromatic carbocycles. The quantitative estimate of drug-likeness (QED) is 0.785. The van der Waals surface area contributed by atoms with Gasteiger partial charge in [-0.2, -0.15) is 0 Å². The van der Waals surface area contributed by atoms with Gasteiger partial charge in [0.05, 0.1) is 6.10 Å². The Morgan fingerprint density at radius 3 is 2.42 bits per heavy atom. The van der Waals surface area contributed by atoms with E-state index in [1.165, 1.54) is 0 Å². The summed E-state index contributed by atoms with van der Waals surface area (Å²) < 4.78 is 8.91. The van der Waals surface area contributed by atoms with E-state index in [0.717, 1.165) is 25.7 Å². The van der Waals surface area contributed by atoms with Crippen LogP contribution in [0.1, 0.15) is 37.5 Å². The van der Waals surface area contributed by atoms with Gasteiger partial charge in [-0.05, 0) is 37.7 Å². The Morgan fingerprint density at radius 2 is 1.89 bits per heavy atom. The zero-order valence-corrected chi connectivity index (χ0v) is 12.8. The maximum Gasteiger partial charge on any atom is 0.268 e. The standard InChI is InChI=1S/C12H15Cl3N2O2/c1-18-9-5-2-8(3-6-9)4-7-10-16-17-11(19-10)12(13,14)15/h4,7-9H,2-3,5-6H2,1H3. The highest BCUT2D eigenvalue weighted by Gasteiger charge is 2.30. The number of hydrogen-bond donors (Lipinski definition) is 0. The maximum absolute atomic E-state index is 5.65. The molecular weight excluding hydrogens is 311 g/mol. The molecule has 0 unspecified atom stereocenters. The molecule has 1 saturated carbocycles. The van der Waals surface area contributed by atoms with Gasteiger partial charge in [0.2, 0.25) is 5.89 Å². The van der Waals surface area contributed by atoms with Gasteiger partial charge in [0.1, 0.15) is 0 Å². The van der Waals surface area contributed by atoms with Crippen LogP contribution in [0, 0.1) is 5.92 Å². The Hall–Kier alpha value is -0.290. The molecule has 19 heavy (non-hydrogen) atoms. The average Bonchev–Trinajstić information content (AvgIpc) is 2.86. The van der Waals surface area contributed by atoms with Crippen molar-refractivity contribution in [3.8, 4) is 0 Å². The van der Waals surface area contributed by atoms with E-state index < -0.39 is 3.79 Å². The highest BCUT2D eigenvalue weighted by molar-refractivity contribution is 6.66. The van der Waals surface area contributed by atoms with Crippen molar-refractivity contribution in [3.63, 3.8) is 0 Å². The Balaban J connectivity index is 1.91. The summed E-state index contributed by atoms with van der Waals surface area (Å²) in [7, 11) is 1.76. The van der Waals surface area contributed by atoms with Gasteiger partial charge >= 0.3 is 0 Å². The van der Waals surface area contributed by atoms with E-state index in [1.807, 2.05) is 0 Å². The molecule has 1 fully saturated rings. The van der Waals surface area contributed by atoms with Crippen LogP contribution in [0.4, 0.5) is 0 Å². The van der Waals surface area contributed by atoms with Crippen molar-refractivity contribution in [3.05, 3.63) is 17.9 Å². The van der Waals surface area contributed by atoms with E-state index in [2.05, 4.69) is 16.3 Å². The molecule has 1 aliphatic rings. The van der Waals surface area contributed by atoms with Crippen molar-refractivity contribution in [2.75, 3.05) is 7.11 Å². The molecule has 0 spiro atoms. The van der Waals surface area contributed by atoms with Gasteiger partial charge in [-0.15, -0.1) is 10.2 Å². The molecule has 0 bridgehead atoms. The first kappa shape index (κ1) is 15.1. The molecule has 7 heteroatoms. The summed E-state index contributed by atoms with van der Waals surface area (Å²) in [5, 5.41) is 7.51. The Labute approximate surface area is 127 Å². The lowest BCUT2D eigenvalue weighted by Crippen LogP contribution is -2.19. The molecule has 4 nitrogen and oxygen atoms in total. The van der Waals surface area contributed by atoms with Crippen molar-refractivity contribution in [1.29, 1.82) is 0 Å². The highest BCUT2D eigenvalue weighted by atomic mass is 35.6. The number of nitrogens with zero attached hydrogens (tertiary/aromatic N) is 2. The van der Waals surface area contributed by atoms with Crippen LogP contribution in [-0.4, -0.2) is 23.4 Å². The van der Waals surface area contributed by atoms with Gasteiger partial charge in [0, 0.05) is 7.11 Å². The lowest BCUT2D eigenvalue weighted by molar-refractivity contribution is 0.0627. The minimum absolute atomic E-state index is 0.0137. The second kappa shape index (κ2) is 6.44. The van der Waals surface area contributed by atoms with Gasteiger partial charge in [-0.1, -0.05) is 40.9 Å². The predicted molar refractivity (Wildman–Crippen MR) is 75.3 cm³/mol. The van der Waals surface area contributed by atoms with Crippen LogP contribution < -0.4 is 0 Å². The predicted octanol–water partition coefficient (Wildman–Crippen LogP) is 4.11. The Bertz CT molecular complexity index is 434. The van der Waals surface area contributed by atoms with Crippen molar-refractivity contribution >= 4 is 40.9 Å². The first-order valence-corrected chi connectivity index (χ1v) is 7.24. The zero-order chi connectivity index (χ0) is 13.9. The summed E-state index contributed by atoms with van der Waals surface area (Å²) >= 11 is 16.9. The van der Waals surface area contributed by atoms with Crippen LogP contribution in [0.25, 0.3) is 6.08 Å². The number of allylic oxidation sites excluding steroid dienone is 1. The molecule has 2 rings (SSSR count). The van der Waals surface area contributed by atoms with Crippen molar-refractivity contribution in [2.45, 2.75) is 35.6 Å². The summed E-state index contributed by atoms with van der Waals surface area (Å²) in [6.45, 7) is 0. The molecule has 1 heterocycles. The van der Waals surface area contributed by atoms with Gasteiger partial charge < -0.3 is 9.15 Å². The summed E-state index contributed by atoms with van der Waals surface area (Å²) in [6.07, 6.45) is 8.60. The van der Waals surface area contributed by atoms with E-state index >= 15 is 0 Å². The molecule has 0 amide bonds. The van der Waals surface area contributed by atoms with E-state index in [-0.39, 0.29) is 5.89 Å². The fraction of sp³-hybridized carbons (Fsp3) is 0.667. The van der Waals surface area contributed by atoms with Crippen LogP contribution in [0.15, 0.2) is 10.5 Å². The number of rotatable bonds is 3. The number of halogens is 3. The van der Waals surface area contributed by atoms with Crippen LogP contribution in [0.5, 0.6) is 0 Å². The van der Waals surface area contributed by atoms with Crippen molar-refractivity contribution < 1.29 is 9.15 Å².